The standard InChI is InChI=1S/C15H9BrF3N3O/c16-9-1-4-13(23)8(5-9)7-20-10-2-3-11-12(6-10)22-14(21-11)15(17,18)19/h1-7,23H,(H,21,22). The van der Waals surface area contributed by atoms with Gasteiger partial charge in [0.1, 0.15) is 5.75 Å². The van der Waals surface area contributed by atoms with Crippen molar-refractivity contribution >= 4 is 38.9 Å². The maximum absolute atomic E-state index is 12.6. The molecule has 2 aromatic carbocycles. The predicted octanol–water partition coefficient (Wildman–Crippen LogP) is 4.80. The minimum Gasteiger partial charge on any atom is -0.507 e. The summed E-state index contributed by atoms with van der Waals surface area (Å²) < 4.78 is 38.6. The highest BCUT2D eigenvalue weighted by molar-refractivity contribution is 9.10. The van der Waals surface area contributed by atoms with E-state index in [0.717, 1.165) is 4.47 Å². The summed E-state index contributed by atoms with van der Waals surface area (Å²) in [6.45, 7) is 0. The molecule has 0 aliphatic carbocycles. The summed E-state index contributed by atoms with van der Waals surface area (Å²) in [5.74, 6) is -0.989. The van der Waals surface area contributed by atoms with Crippen molar-refractivity contribution in [3.05, 3.63) is 52.3 Å². The van der Waals surface area contributed by atoms with E-state index in [-0.39, 0.29) is 16.8 Å². The number of hydrogen-bond donors (Lipinski definition) is 2. The van der Waals surface area contributed by atoms with Gasteiger partial charge in [-0.05, 0) is 36.4 Å². The van der Waals surface area contributed by atoms with Crippen LogP contribution in [0.3, 0.4) is 0 Å². The number of aromatic hydroxyl groups is 1. The lowest BCUT2D eigenvalue weighted by atomic mass is 10.2. The molecule has 0 fully saturated rings. The Morgan fingerprint density at radius 1 is 1.17 bits per heavy atom. The summed E-state index contributed by atoms with van der Waals surface area (Å²) in [4.78, 5) is 9.88. The third-order valence-electron chi connectivity index (χ3n) is 3.08. The van der Waals surface area contributed by atoms with Crippen LogP contribution in [0.25, 0.3) is 11.0 Å². The summed E-state index contributed by atoms with van der Waals surface area (Å²) in [5, 5.41) is 9.72. The second kappa shape index (κ2) is 5.69. The zero-order valence-corrected chi connectivity index (χ0v) is 13.0. The lowest BCUT2D eigenvalue weighted by Gasteiger charge is -1.99. The lowest BCUT2D eigenvalue weighted by Crippen LogP contribution is -2.06. The quantitative estimate of drug-likeness (QED) is 0.624. The Bertz CT molecular complexity index is 903. The normalized spacial score (nSPS) is 12.3. The summed E-state index contributed by atoms with van der Waals surface area (Å²) in [6, 6.07) is 9.34. The van der Waals surface area contributed by atoms with Crippen molar-refractivity contribution in [2.24, 2.45) is 4.99 Å². The van der Waals surface area contributed by atoms with Crippen LogP contribution in [0.1, 0.15) is 11.4 Å². The number of fused-ring (bicyclic) bond motifs is 1. The Morgan fingerprint density at radius 2 is 1.96 bits per heavy atom. The number of halogens is 4. The number of nitrogens with zero attached hydrogens (tertiary/aromatic N) is 2. The third-order valence-corrected chi connectivity index (χ3v) is 3.57. The maximum atomic E-state index is 12.6. The highest BCUT2D eigenvalue weighted by Crippen LogP contribution is 2.30. The molecule has 0 radical (unpaired) electrons. The Kier molecular flexibility index (Phi) is 3.85. The van der Waals surface area contributed by atoms with E-state index >= 15 is 0 Å². The van der Waals surface area contributed by atoms with E-state index in [1.54, 1.807) is 18.2 Å². The van der Waals surface area contributed by atoms with Crippen LogP contribution in [0.15, 0.2) is 45.9 Å². The lowest BCUT2D eigenvalue weighted by molar-refractivity contribution is -0.144. The fraction of sp³-hybridized carbons (Fsp3) is 0.0667. The molecule has 0 saturated carbocycles. The summed E-state index contributed by atoms with van der Waals surface area (Å²) >= 11 is 3.28. The molecular weight excluding hydrogens is 375 g/mol. The number of imidazole rings is 1. The average molecular weight is 384 g/mol. The molecular formula is C15H9BrF3N3O. The summed E-state index contributed by atoms with van der Waals surface area (Å²) in [7, 11) is 0. The Hall–Kier alpha value is -2.35. The molecule has 0 aliphatic rings. The number of aromatic amines is 1. The average Bonchev–Trinajstić information content (AvgIpc) is 2.91. The van der Waals surface area contributed by atoms with Crippen LogP contribution in [0.2, 0.25) is 0 Å². The predicted molar refractivity (Wildman–Crippen MR) is 84.2 cm³/mol. The second-order valence-corrected chi connectivity index (χ2v) is 5.66. The van der Waals surface area contributed by atoms with E-state index in [0.29, 0.717) is 11.3 Å². The topological polar surface area (TPSA) is 61.3 Å². The van der Waals surface area contributed by atoms with Gasteiger partial charge in [-0.2, -0.15) is 13.2 Å². The number of aliphatic imine (C=N–C) groups is 1. The van der Waals surface area contributed by atoms with Gasteiger partial charge in [-0.3, -0.25) is 4.99 Å². The molecule has 0 spiro atoms. The van der Waals surface area contributed by atoms with Crippen molar-refractivity contribution in [2.45, 2.75) is 6.18 Å². The number of aromatic nitrogens is 2. The first-order chi connectivity index (χ1) is 10.8. The molecule has 3 aromatic rings. The molecule has 1 heterocycles. The second-order valence-electron chi connectivity index (χ2n) is 4.75. The Labute approximate surface area is 136 Å². The van der Waals surface area contributed by atoms with Crippen molar-refractivity contribution in [1.29, 1.82) is 0 Å². The van der Waals surface area contributed by atoms with Crippen molar-refractivity contribution < 1.29 is 18.3 Å². The van der Waals surface area contributed by atoms with Crippen LogP contribution >= 0.6 is 15.9 Å². The van der Waals surface area contributed by atoms with Crippen LogP contribution in [-0.2, 0) is 6.18 Å². The van der Waals surface area contributed by atoms with Gasteiger partial charge in [0, 0.05) is 16.3 Å². The fourth-order valence-corrected chi connectivity index (χ4v) is 2.36. The number of hydrogen-bond acceptors (Lipinski definition) is 3. The Balaban J connectivity index is 1.94. The molecule has 3 rings (SSSR count). The summed E-state index contributed by atoms with van der Waals surface area (Å²) in [5.41, 5.74) is 1.38. The molecule has 0 aliphatic heterocycles. The number of nitrogens with one attached hydrogen (secondary N) is 1. The summed E-state index contributed by atoms with van der Waals surface area (Å²) in [6.07, 6.45) is -3.09. The molecule has 2 N–H and O–H groups in total. The van der Waals surface area contributed by atoms with Crippen molar-refractivity contribution in [3.63, 3.8) is 0 Å². The van der Waals surface area contributed by atoms with E-state index in [4.69, 9.17) is 0 Å². The van der Waals surface area contributed by atoms with Gasteiger partial charge in [0.05, 0.1) is 16.7 Å². The first-order valence-electron chi connectivity index (χ1n) is 6.42. The van der Waals surface area contributed by atoms with Crippen LogP contribution in [0.4, 0.5) is 18.9 Å². The smallest absolute Gasteiger partial charge is 0.449 e. The van der Waals surface area contributed by atoms with Crippen LogP contribution in [0, 0.1) is 0 Å². The molecule has 1 aromatic heterocycles. The van der Waals surface area contributed by atoms with E-state index < -0.39 is 12.0 Å². The van der Waals surface area contributed by atoms with Gasteiger partial charge in [0.15, 0.2) is 0 Å². The Morgan fingerprint density at radius 3 is 2.70 bits per heavy atom. The van der Waals surface area contributed by atoms with Crippen LogP contribution in [0.5, 0.6) is 5.75 Å². The van der Waals surface area contributed by atoms with Crippen molar-refractivity contribution in [1.82, 2.24) is 9.97 Å². The van der Waals surface area contributed by atoms with Crippen molar-refractivity contribution in [2.75, 3.05) is 0 Å². The number of rotatable bonds is 2. The van der Waals surface area contributed by atoms with Crippen molar-refractivity contribution in [3.8, 4) is 5.75 Å². The van der Waals surface area contributed by atoms with Gasteiger partial charge in [0.2, 0.25) is 5.82 Å². The third kappa shape index (κ3) is 3.37. The molecule has 0 saturated heterocycles. The van der Waals surface area contributed by atoms with E-state index in [2.05, 4.69) is 30.9 Å². The largest absolute Gasteiger partial charge is 0.507 e. The van der Waals surface area contributed by atoms with Gasteiger partial charge < -0.3 is 10.1 Å². The first kappa shape index (κ1) is 15.5. The zero-order valence-electron chi connectivity index (χ0n) is 11.4. The monoisotopic (exact) mass is 383 g/mol. The molecule has 0 amide bonds. The number of H-pyrrole nitrogens is 1. The van der Waals surface area contributed by atoms with E-state index in [1.807, 2.05) is 0 Å². The van der Waals surface area contributed by atoms with E-state index in [1.165, 1.54) is 24.4 Å². The first-order valence-corrected chi connectivity index (χ1v) is 7.22. The molecule has 0 unspecified atom stereocenters. The number of alkyl halides is 3. The van der Waals surface area contributed by atoms with E-state index in [9.17, 15) is 18.3 Å². The minimum atomic E-state index is -4.52. The SMILES string of the molecule is Oc1ccc(Br)cc1C=Nc1ccc2nc(C(F)(F)F)[nH]c2c1. The van der Waals surface area contributed by atoms with Crippen LogP contribution < -0.4 is 0 Å². The van der Waals surface area contributed by atoms with Gasteiger partial charge in [-0.15, -0.1) is 0 Å². The number of phenols is 1. The van der Waals surface area contributed by atoms with Gasteiger partial charge in [0.25, 0.3) is 0 Å². The molecule has 0 bridgehead atoms. The zero-order chi connectivity index (χ0) is 16.6. The number of benzene rings is 2. The molecule has 118 valence electrons. The number of phenolic OH excluding ortho intramolecular Hbond substituents is 1. The molecule has 0 atom stereocenters. The van der Waals surface area contributed by atoms with Gasteiger partial charge in [-0.1, -0.05) is 15.9 Å². The highest BCUT2D eigenvalue weighted by Gasteiger charge is 2.34. The molecule has 8 heteroatoms. The maximum Gasteiger partial charge on any atom is 0.449 e. The van der Waals surface area contributed by atoms with Crippen LogP contribution in [-0.4, -0.2) is 21.3 Å². The molecule has 23 heavy (non-hydrogen) atoms. The highest BCUT2D eigenvalue weighted by atomic mass is 79.9. The fourth-order valence-electron chi connectivity index (χ4n) is 1.99. The minimum absolute atomic E-state index is 0.0546. The molecule has 4 nitrogen and oxygen atoms in total. The van der Waals surface area contributed by atoms with Gasteiger partial charge in [-0.25, -0.2) is 4.98 Å². The van der Waals surface area contributed by atoms with Gasteiger partial charge >= 0.3 is 6.18 Å².